The highest BCUT2D eigenvalue weighted by molar-refractivity contribution is 5.85. The highest BCUT2D eigenvalue weighted by atomic mass is 16.7. The summed E-state index contributed by atoms with van der Waals surface area (Å²) in [4.78, 5) is 20.0. The quantitative estimate of drug-likeness (QED) is 0.794. The van der Waals surface area contributed by atoms with Crippen molar-refractivity contribution < 1.29 is 19.4 Å². The van der Waals surface area contributed by atoms with E-state index in [4.69, 9.17) is 9.47 Å². The molecule has 1 aromatic carbocycles. The van der Waals surface area contributed by atoms with E-state index in [2.05, 4.69) is 9.97 Å². The van der Waals surface area contributed by atoms with E-state index in [0.29, 0.717) is 34.1 Å². The van der Waals surface area contributed by atoms with E-state index in [9.17, 15) is 9.90 Å². The van der Waals surface area contributed by atoms with Crippen molar-refractivity contribution in [2.75, 3.05) is 6.79 Å². The van der Waals surface area contributed by atoms with Crippen molar-refractivity contribution >= 4 is 17.0 Å². The molecule has 0 saturated heterocycles. The Morgan fingerprint density at radius 1 is 1.27 bits per heavy atom. The van der Waals surface area contributed by atoms with Crippen molar-refractivity contribution in [1.82, 2.24) is 14.5 Å². The lowest BCUT2D eigenvalue weighted by molar-refractivity contribution is -0.137. The molecule has 1 N–H and O–H groups in total. The van der Waals surface area contributed by atoms with Gasteiger partial charge in [-0.05, 0) is 12.1 Å². The molecule has 0 unspecified atom stereocenters. The molecule has 2 aromatic heterocycles. The van der Waals surface area contributed by atoms with Crippen LogP contribution in [0.3, 0.4) is 0 Å². The SMILES string of the molecule is O=C(O)Cn1c(-c2ccccn2)nc2cc3c(cc21)OCO3. The molecule has 1 aliphatic heterocycles. The fourth-order valence-corrected chi connectivity index (χ4v) is 2.50. The maximum atomic E-state index is 11.2. The molecule has 0 bridgehead atoms. The summed E-state index contributed by atoms with van der Waals surface area (Å²) in [7, 11) is 0. The van der Waals surface area contributed by atoms with Gasteiger partial charge in [0.25, 0.3) is 0 Å². The molecule has 0 aliphatic carbocycles. The molecule has 0 atom stereocenters. The highest BCUT2D eigenvalue weighted by Gasteiger charge is 2.21. The maximum absolute atomic E-state index is 11.2. The van der Waals surface area contributed by atoms with Crippen LogP contribution in [0.4, 0.5) is 0 Å². The number of pyridine rings is 1. The zero-order chi connectivity index (χ0) is 15.1. The Morgan fingerprint density at radius 3 is 2.82 bits per heavy atom. The second-order valence-corrected chi connectivity index (χ2v) is 4.82. The number of aromatic nitrogens is 3. The predicted molar refractivity (Wildman–Crippen MR) is 76.7 cm³/mol. The molecule has 7 heteroatoms. The van der Waals surface area contributed by atoms with E-state index in [1.165, 1.54) is 0 Å². The summed E-state index contributed by atoms with van der Waals surface area (Å²) in [6.45, 7) is -0.0456. The molecular formula is C15H11N3O4. The van der Waals surface area contributed by atoms with Crippen LogP contribution in [-0.4, -0.2) is 32.4 Å². The topological polar surface area (TPSA) is 86.5 Å². The van der Waals surface area contributed by atoms with Crippen LogP contribution in [0.5, 0.6) is 11.5 Å². The van der Waals surface area contributed by atoms with Gasteiger partial charge in [-0.15, -0.1) is 0 Å². The average molecular weight is 297 g/mol. The van der Waals surface area contributed by atoms with Gasteiger partial charge < -0.3 is 19.1 Å². The third-order valence-electron chi connectivity index (χ3n) is 3.43. The number of aliphatic carboxylic acids is 1. The predicted octanol–water partition coefficient (Wildman–Crippen LogP) is 1.91. The Balaban J connectivity index is 1.97. The number of ether oxygens (including phenoxy) is 2. The van der Waals surface area contributed by atoms with Crippen molar-refractivity contribution in [2.24, 2.45) is 0 Å². The van der Waals surface area contributed by atoms with Gasteiger partial charge in [-0.1, -0.05) is 6.07 Å². The smallest absolute Gasteiger partial charge is 0.323 e. The molecule has 3 heterocycles. The molecule has 0 spiro atoms. The molecular weight excluding hydrogens is 286 g/mol. The number of hydrogen-bond donors (Lipinski definition) is 1. The van der Waals surface area contributed by atoms with Gasteiger partial charge >= 0.3 is 5.97 Å². The number of carbonyl (C=O) groups is 1. The molecule has 0 saturated carbocycles. The molecule has 0 fully saturated rings. The van der Waals surface area contributed by atoms with Crippen LogP contribution in [0.1, 0.15) is 0 Å². The number of rotatable bonds is 3. The van der Waals surface area contributed by atoms with Crippen LogP contribution in [0, 0.1) is 0 Å². The summed E-state index contributed by atoms with van der Waals surface area (Å²) in [6.07, 6.45) is 1.64. The third-order valence-corrected chi connectivity index (χ3v) is 3.43. The Labute approximate surface area is 124 Å². The number of imidazole rings is 1. The minimum atomic E-state index is -0.950. The molecule has 3 aromatic rings. The average Bonchev–Trinajstić information content (AvgIpc) is 3.10. The summed E-state index contributed by atoms with van der Waals surface area (Å²) >= 11 is 0. The van der Waals surface area contributed by atoms with Gasteiger partial charge in [0, 0.05) is 18.3 Å². The number of carboxylic acids is 1. The first-order valence-electron chi connectivity index (χ1n) is 6.65. The van der Waals surface area contributed by atoms with Crippen LogP contribution in [0.2, 0.25) is 0 Å². The van der Waals surface area contributed by atoms with Crippen molar-refractivity contribution in [3.05, 3.63) is 36.5 Å². The second-order valence-electron chi connectivity index (χ2n) is 4.82. The van der Waals surface area contributed by atoms with E-state index in [1.807, 2.05) is 6.07 Å². The monoisotopic (exact) mass is 297 g/mol. The Hall–Kier alpha value is -3.09. The van der Waals surface area contributed by atoms with Crippen molar-refractivity contribution in [3.8, 4) is 23.0 Å². The van der Waals surface area contributed by atoms with Gasteiger partial charge in [-0.25, -0.2) is 4.98 Å². The zero-order valence-electron chi connectivity index (χ0n) is 11.4. The Morgan fingerprint density at radius 2 is 2.09 bits per heavy atom. The van der Waals surface area contributed by atoms with Gasteiger partial charge in [0.15, 0.2) is 17.3 Å². The Bertz CT molecular complexity index is 873. The van der Waals surface area contributed by atoms with Crippen molar-refractivity contribution in [3.63, 3.8) is 0 Å². The highest BCUT2D eigenvalue weighted by Crippen LogP contribution is 2.37. The van der Waals surface area contributed by atoms with Gasteiger partial charge in [0.2, 0.25) is 6.79 Å². The number of hydrogen-bond acceptors (Lipinski definition) is 5. The van der Waals surface area contributed by atoms with Crippen LogP contribution in [-0.2, 0) is 11.3 Å². The molecule has 4 rings (SSSR count). The first-order valence-corrected chi connectivity index (χ1v) is 6.65. The number of fused-ring (bicyclic) bond motifs is 2. The fraction of sp³-hybridized carbons (Fsp3) is 0.133. The zero-order valence-corrected chi connectivity index (χ0v) is 11.4. The minimum absolute atomic E-state index is 0.161. The van der Waals surface area contributed by atoms with E-state index in [1.54, 1.807) is 35.0 Å². The number of nitrogens with zero attached hydrogens (tertiary/aromatic N) is 3. The van der Waals surface area contributed by atoms with Gasteiger partial charge in [0.1, 0.15) is 12.2 Å². The summed E-state index contributed by atoms with van der Waals surface area (Å²) in [5.74, 6) is 0.752. The lowest BCUT2D eigenvalue weighted by Crippen LogP contribution is -2.10. The molecule has 1 aliphatic rings. The van der Waals surface area contributed by atoms with E-state index < -0.39 is 5.97 Å². The lowest BCUT2D eigenvalue weighted by Gasteiger charge is -2.06. The summed E-state index contributed by atoms with van der Waals surface area (Å²) < 4.78 is 12.3. The Kier molecular flexibility index (Phi) is 2.72. The molecule has 7 nitrogen and oxygen atoms in total. The van der Waals surface area contributed by atoms with E-state index in [0.717, 1.165) is 0 Å². The van der Waals surface area contributed by atoms with Crippen molar-refractivity contribution in [1.29, 1.82) is 0 Å². The summed E-state index contributed by atoms with van der Waals surface area (Å²) in [5, 5.41) is 9.18. The van der Waals surface area contributed by atoms with Gasteiger partial charge in [-0.3, -0.25) is 9.78 Å². The minimum Gasteiger partial charge on any atom is -0.480 e. The van der Waals surface area contributed by atoms with Crippen molar-refractivity contribution in [2.45, 2.75) is 6.54 Å². The number of benzene rings is 1. The first kappa shape index (κ1) is 12.6. The first-order chi connectivity index (χ1) is 10.7. The molecule has 22 heavy (non-hydrogen) atoms. The maximum Gasteiger partial charge on any atom is 0.323 e. The lowest BCUT2D eigenvalue weighted by atomic mass is 10.2. The fourth-order valence-electron chi connectivity index (χ4n) is 2.50. The number of carboxylic acid groups (broad SMARTS) is 1. The van der Waals surface area contributed by atoms with Gasteiger partial charge in [0.05, 0.1) is 11.0 Å². The molecule has 0 radical (unpaired) electrons. The van der Waals surface area contributed by atoms with Crippen LogP contribution < -0.4 is 9.47 Å². The molecule has 110 valence electrons. The second kappa shape index (κ2) is 4.73. The molecule has 0 amide bonds. The summed E-state index contributed by atoms with van der Waals surface area (Å²) in [6, 6.07) is 8.92. The standard InChI is InChI=1S/C15H11N3O4/c19-14(20)7-18-11-6-13-12(21-8-22-13)5-10(11)17-15(18)9-3-1-2-4-16-9/h1-6H,7-8H2,(H,19,20). The van der Waals surface area contributed by atoms with Crippen LogP contribution in [0.15, 0.2) is 36.5 Å². The third kappa shape index (κ3) is 1.95. The van der Waals surface area contributed by atoms with Crippen LogP contribution >= 0.6 is 0 Å². The van der Waals surface area contributed by atoms with E-state index >= 15 is 0 Å². The summed E-state index contributed by atoms with van der Waals surface area (Å²) in [5.41, 5.74) is 1.93. The van der Waals surface area contributed by atoms with Gasteiger partial charge in [-0.2, -0.15) is 0 Å². The van der Waals surface area contributed by atoms with Crippen LogP contribution in [0.25, 0.3) is 22.6 Å². The normalized spacial score (nSPS) is 12.7. The van der Waals surface area contributed by atoms with E-state index in [-0.39, 0.29) is 13.3 Å². The largest absolute Gasteiger partial charge is 0.480 e.